The van der Waals surface area contributed by atoms with Gasteiger partial charge in [-0.15, -0.1) is 0 Å². The second kappa shape index (κ2) is 2.49. The number of carbonyl (C=O) groups excluding carboxylic acids is 1. The molecule has 0 bridgehead atoms. The van der Waals surface area contributed by atoms with Gasteiger partial charge in [0.25, 0.3) is 0 Å². The zero-order chi connectivity index (χ0) is 8.43. The molecule has 4 heteroatoms. The molecule has 0 unspecified atom stereocenters. The number of hydrogen-bond acceptors (Lipinski definition) is 3. The molecular weight excluding hydrogens is 148 g/mol. The van der Waals surface area contributed by atoms with Crippen molar-refractivity contribution in [3.05, 3.63) is 23.8 Å². The molecule has 0 aliphatic heterocycles. The summed E-state index contributed by atoms with van der Waals surface area (Å²) >= 11 is 0. The molecule has 0 saturated heterocycles. The van der Waals surface area contributed by atoms with Crippen LogP contribution in [0.3, 0.4) is 0 Å². The fourth-order valence-corrected chi connectivity index (χ4v) is 0.688. The van der Waals surface area contributed by atoms with Gasteiger partial charge < -0.3 is 10.2 Å². The van der Waals surface area contributed by atoms with Crippen LogP contribution in [-0.4, -0.2) is 16.2 Å². The minimum Gasteiger partial charge on any atom is -0.508 e. The van der Waals surface area contributed by atoms with Crippen LogP contribution in [0.2, 0.25) is 0 Å². The fraction of sp³-hybridized carbons (Fsp3) is 0. The van der Waals surface area contributed by atoms with E-state index in [1.165, 1.54) is 6.07 Å². The van der Waals surface area contributed by atoms with Gasteiger partial charge in [0.05, 0.1) is 0 Å². The lowest BCUT2D eigenvalue weighted by Crippen LogP contribution is -1.93. The Kier molecular flexibility index (Phi) is 1.68. The highest BCUT2D eigenvalue weighted by atomic mass is 16.4. The Morgan fingerprint density at radius 2 is 1.91 bits per heavy atom. The van der Waals surface area contributed by atoms with Crippen molar-refractivity contribution in [1.82, 2.24) is 0 Å². The number of aromatic hydroxyl groups is 2. The maximum absolute atomic E-state index is 10.2. The lowest BCUT2D eigenvalue weighted by Gasteiger charge is -1.96. The van der Waals surface area contributed by atoms with Crippen LogP contribution in [0.4, 0.5) is 0 Å². The normalized spacial score (nSPS) is 9.45. The van der Waals surface area contributed by atoms with E-state index in [0.29, 0.717) is 0 Å². The van der Waals surface area contributed by atoms with Gasteiger partial charge in [-0.05, 0) is 18.2 Å². The smallest absolute Gasteiger partial charge is 0.390 e. The van der Waals surface area contributed by atoms with Crippen LogP contribution in [0.15, 0.2) is 18.2 Å². The molecule has 0 heterocycles. The summed E-state index contributed by atoms with van der Waals surface area (Å²) in [6.07, 6.45) is 0. The minimum absolute atomic E-state index is 0.220. The number of hydrogen-bond donors (Lipinski definition) is 2. The minimum atomic E-state index is -1.52. The van der Waals surface area contributed by atoms with Crippen LogP contribution in [-0.2, 0) is 5.11 Å². The molecule has 11 heavy (non-hydrogen) atoms. The molecule has 1 aromatic carbocycles. The number of rotatable bonds is 1. The Morgan fingerprint density at radius 1 is 1.27 bits per heavy atom. The summed E-state index contributed by atoms with van der Waals surface area (Å²) in [4.78, 5) is 10.2. The topological polar surface area (TPSA) is 77.4 Å². The zero-order valence-corrected chi connectivity index (χ0v) is 5.44. The van der Waals surface area contributed by atoms with E-state index >= 15 is 0 Å². The lowest BCUT2D eigenvalue weighted by atomic mass is 10.2. The van der Waals surface area contributed by atoms with E-state index < -0.39 is 17.3 Å². The molecule has 0 aliphatic carbocycles. The third kappa shape index (κ3) is 1.40. The average Bonchev–Trinajstić information content (AvgIpc) is 1.94. The highest BCUT2D eigenvalue weighted by Crippen LogP contribution is 2.21. The number of phenolic OH excluding ortho intramolecular Hbond substituents is 2. The molecule has 0 amide bonds. The van der Waals surface area contributed by atoms with Crippen molar-refractivity contribution in [3.63, 3.8) is 0 Å². The quantitative estimate of drug-likeness (QED) is 0.582. The second-order valence-corrected chi connectivity index (χ2v) is 1.99. The summed E-state index contributed by atoms with van der Waals surface area (Å²) in [5, 5.41) is 27.8. The van der Waals surface area contributed by atoms with Crippen LogP contribution in [0.1, 0.15) is 10.4 Å². The highest BCUT2D eigenvalue weighted by Gasteiger charge is 2.11. The summed E-state index contributed by atoms with van der Waals surface area (Å²) in [5.74, 6) is -2.15. The first-order valence-electron chi connectivity index (χ1n) is 2.84. The van der Waals surface area contributed by atoms with E-state index in [-0.39, 0.29) is 5.75 Å². The fourth-order valence-electron chi connectivity index (χ4n) is 0.688. The molecule has 57 valence electrons. The molecule has 1 aromatic rings. The molecule has 4 nitrogen and oxygen atoms in total. The summed E-state index contributed by atoms with van der Waals surface area (Å²) < 4.78 is 0. The molecule has 0 saturated carbocycles. The molecule has 1 radical (unpaired) electrons. The Balaban J connectivity index is 3.23. The van der Waals surface area contributed by atoms with Crippen molar-refractivity contribution < 1.29 is 20.1 Å². The summed E-state index contributed by atoms with van der Waals surface area (Å²) in [6.45, 7) is 0. The lowest BCUT2D eigenvalue weighted by molar-refractivity contribution is 0.0569. The molecule has 0 fully saturated rings. The van der Waals surface area contributed by atoms with Gasteiger partial charge in [0.1, 0.15) is 17.1 Å². The van der Waals surface area contributed by atoms with E-state index in [9.17, 15) is 9.90 Å². The van der Waals surface area contributed by atoms with Crippen molar-refractivity contribution in [2.75, 3.05) is 0 Å². The Morgan fingerprint density at radius 3 is 2.36 bits per heavy atom. The number of phenols is 2. The third-order valence-electron chi connectivity index (χ3n) is 1.20. The van der Waals surface area contributed by atoms with Crippen LogP contribution >= 0.6 is 0 Å². The molecular formula is C7H5O4. The molecule has 0 atom stereocenters. The Hall–Kier alpha value is -1.71. The maximum Gasteiger partial charge on any atom is 0.390 e. The van der Waals surface area contributed by atoms with Gasteiger partial charge in [-0.25, -0.2) is 9.90 Å². The van der Waals surface area contributed by atoms with Gasteiger partial charge in [0.15, 0.2) is 0 Å². The van der Waals surface area contributed by atoms with E-state index in [2.05, 4.69) is 0 Å². The van der Waals surface area contributed by atoms with Gasteiger partial charge in [-0.1, -0.05) is 0 Å². The van der Waals surface area contributed by atoms with Crippen molar-refractivity contribution in [2.45, 2.75) is 0 Å². The summed E-state index contributed by atoms with van der Waals surface area (Å²) in [5.41, 5.74) is -0.412. The standard InChI is InChI=1S/C7H5O4/c8-4-1-2-6(9)5(3-4)7(10)11/h1-3,8-9H. The zero-order valence-electron chi connectivity index (χ0n) is 5.44. The van der Waals surface area contributed by atoms with E-state index in [1.54, 1.807) is 0 Å². The highest BCUT2D eigenvalue weighted by molar-refractivity contribution is 5.90. The van der Waals surface area contributed by atoms with Gasteiger partial charge in [-0.3, -0.25) is 0 Å². The van der Waals surface area contributed by atoms with Crippen molar-refractivity contribution >= 4 is 5.97 Å². The molecule has 0 spiro atoms. The van der Waals surface area contributed by atoms with Gasteiger partial charge in [0.2, 0.25) is 0 Å². The van der Waals surface area contributed by atoms with Crippen molar-refractivity contribution in [3.8, 4) is 11.5 Å². The van der Waals surface area contributed by atoms with E-state index in [1.807, 2.05) is 0 Å². The molecule has 2 N–H and O–H groups in total. The second-order valence-electron chi connectivity index (χ2n) is 1.99. The predicted molar refractivity (Wildman–Crippen MR) is 34.8 cm³/mol. The number of carbonyl (C=O) groups is 1. The first kappa shape index (κ1) is 7.40. The van der Waals surface area contributed by atoms with Crippen molar-refractivity contribution in [2.24, 2.45) is 0 Å². The van der Waals surface area contributed by atoms with E-state index in [0.717, 1.165) is 12.1 Å². The summed E-state index contributed by atoms with van der Waals surface area (Å²) in [6, 6.07) is 3.19. The molecule has 0 aliphatic rings. The Bertz CT molecular complexity index is 292. The van der Waals surface area contributed by atoms with Gasteiger partial charge in [-0.2, -0.15) is 0 Å². The van der Waals surface area contributed by atoms with Gasteiger partial charge >= 0.3 is 5.97 Å². The van der Waals surface area contributed by atoms with Crippen molar-refractivity contribution in [1.29, 1.82) is 0 Å². The van der Waals surface area contributed by atoms with Crippen LogP contribution in [0.25, 0.3) is 0 Å². The van der Waals surface area contributed by atoms with Crippen LogP contribution in [0, 0.1) is 0 Å². The average molecular weight is 153 g/mol. The molecule has 1 rings (SSSR count). The summed E-state index contributed by atoms with van der Waals surface area (Å²) in [7, 11) is 0. The van der Waals surface area contributed by atoms with Crippen LogP contribution < -0.4 is 0 Å². The SMILES string of the molecule is [O]C(=O)c1cc(O)ccc1O. The van der Waals surface area contributed by atoms with E-state index in [4.69, 9.17) is 10.2 Å². The first-order valence-corrected chi connectivity index (χ1v) is 2.84. The first-order chi connectivity index (χ1) is 5.11. The maximum atomic E-state index is 10.2. The monoisotopic (exact) mass is 153 g/mol. The molecule has 0 aromatic heterocycles. The Labute approximate surface area is 62.3 Å². The third-order valence-corrected chi connectivity index (χ3v) is 1.20. The predicted octanol–water partition coefficient (Wildman–Crippen LogP) is 0.669. The van der Waals surface area contributed by atoms with Crippen LogP contribution in [0.5, 0.6) is 11.5 Å². The largest absolute Gasteiger partial charge is 0.508 e. The number of benzene rings is 1. The van der Waals surface area contributed by atoms with Gasteiger partial charge in [0, 0.05) is 0 Å².